The summed E-state index contributed by atoms with van der Waals surface area (Å²) in [5.41, 5.74) is -0.387. The number of aromatic nitrogens is 2. The van der Waals surface area contributed by atoms with Crippen molar-refractivity contribution in [3.63, 3.8) is 0 Å². The maximum atomic E-state index is 12.9. The van der Waals surface area contributed by atoms with Gasteiger partial charge in [-0.2, -0.15) is 5.10 Å². The van der Waals surface area contributed by atoms with Gasteiger partial charge in [0.1, 0.15) is 5.60 Å². The molecule has 2 heterocycles. The van der Waals surface area contributed by atoms with E-state index in [1.807, 2.05) is 40.7 Å². The average molecular weight is 472 g/mol. The summed E-state index contributed by atoms with van der Waals surface area (Å²) in [5, 5.41) is 8.43. The van der Waals surface area contributed by atoms with Gasteiger partial charge in [-0.25, -0.2) is 9.48 Å². The first-order chi connectivity index (χ1) is 16.0. The normalized spacial score (nSPS) is 15.1. The maximum absolute atomic E-state index is 12.9. The topological polar surface area (TPSA) is 96.8 Å². The van der Waals surface area contributed by atoms with E-state index in [1.54, 1.807) is 23.1 Å². The molecule has 3 rings (SSSR count). The lowest BCUT2D eigenvalue weighted by Gasteiger charge is -2.35. The molecule has 1 aromatic carbocycles. The Hall–Kier alpha value is -2.94. The molecule has 1 saturated heterocycles. The number of rotatable bonds is 7. The molecule has 1 N–H and O–H groups in total. The Morgan fingerprint density at radius 3 is 2.35 bits per heavy atom. The van der Waals surface area contributed by atoms with Gasteiger partial charge in [-0.05, 0) is 45.7 Å². The van der Waals surface area contributed by atoms with E-state index in [0.29, 0.717) is 37.0 Å². The Balaban J connectivity index is 1.52. The highest BCUT2D eigenvalue weighted by molar-refractivity contribution is 6.04. The van der Waals surface area contributed by atoms with Gasteiger partial charge in [0, 0.05) is 44.7 Å². The van der Waals surface area contributed by atoms with Crippen LogP contribution < -0.4 is 10.9 Å². The minimum Gasteiger partial charge on any atom is -0.444 e. The molecular weight excluding hydrogens is 434 g/mol. The molecule has 0 atom stereocenters. The monoisotopic (exact) mass is 471 g/mol. The van der Waals surface area contributed by atoms with Crippen molar-refractivity contribution in [2.24, 2.45) is 5.92 Å². The third kappa shape index (κ3) is 6.79. The molecule has 186 valence electrons. The number of benzene rings is 1. The lowest BCUT2D eigenvalue weighted by atomic mass is 10.1. The van der Waals surface area contributed by atoms with E-state index in [9.17, 15) is 14.4 Å². The van der Waals surface area contributed by atoms with Gasteiger partial charge in [0.2, 0.25) is 0 Å². The third-order valence-corrected chi connectivity index (χ3v) is 5.58. The van der Waals surface area contributed by atoms with Gasteiger partial charge < -0.3 is 15.0 Å². The Bertz CT molecular complexity index is 1070. The summed E-state index contributed by atoms with van der Waals surface area (Å²) in [4.78, 5) is 41.9. The van der Waals surface area contributed by atoms with Crippen LogP contribution in [0.1, 0.15) is 51.5 Å². The molecule has 2 amide bonds. The predicted molar refractivity (Wildman–Crippen MR) is 132 cm³/mol. The van der Waals surface area contributed by atoms with Gasteiger partial charge in [0.25, 0.3) is 11.5 Å². The maximum Gasteiger partial charge on any atom is 0.410 e. The van der Waals surface area contributed by atoms with Crippen molar-refractivity contribution < 1.29 is 14.3 Å². The summed E-state index contributed by atoms with van der Waals surface area (Å²) in [6, 6.07) is 7.12. The first-order valence-corrected chi connectivity index (χ1v) is 12.0. The summed E-state index contributed by atoms with van der Waals surface area (Å²) in [6.07, 6.45) is 0.514. The fraction of sp³-hybridized carbons (Fsp3) is 0.600. The van der Waals surface area contributed by atoms with Crippen molar-refractivity contribution in [1.82, 2.24) is 24.9 Å². The van der Waals surface area contributed by atoms with E-state index in [0.717, 1.165) is 26.1 Å². The molecule has 0 aliphatic carbocycles. The molecule has 1 fully saturated rings. The van der Waals surface area contributed by atoms with Crippen LogP contribution in [0.5, 0.6) is 0 Å². The molecule has 0 bridgehead atoms. The lowest BCUT2D eigenvalue weighted by molar-refractivity contribution is 0.0144. The van der Waals surface area contributed by atoms with Gasteiger partial charge in [-0.3, -0.25) is 14.5 Å². The zero-order valence-corrected chi connectivity index (χ0v) is 21.0. The minimum atomic E-state index is -0.491. The highest BCUT2D eigenvalue weighted by Crippen LogP contribution is 2.14. The number of fused-ring (bicyclic) bond motifs is 1. The number of amides is 2. The summed E-state index contributed by atoms with van der Waals surface area (Å²) in [6.45, 7) is 14.2. The van der Waals surface area contributed by atoms with Crippen molar-refractivity contribution in [1.29, 1.82) is 0 Å². The molecular formula is C25H37N5O4. The molecule has 0 saturated carbocycles. The zero-order valence-electron chi connectivity index (χ0n) is 21.0. The molecule has 9 nitrogen and oxygen atoms in total. The molecule has 34 heavy (non-hydrogen) atoms. The molecule has 2 aromatic rings. The number of nitrogens with one attached hydrogen (secondary N) is 1. The van der Waals surface area contributed by atoms with Crippen molar-refractivity contribution in [2.45, 2.75) is 53.2 Å². The Kier molecular flexibility index (Phi) is 8.30. The van der Waals surface area contributed by atoms with Crippen LogP contribution in [0.3, 0.4) is 0 Å². The number of nitrogens with zero attached hydrogens (tertiary/aromatic N) is 4. The number of ether oxygens (including phenoxy) is 1. The molecule has 0 radical (unpaired) electrons. The van der Waals surface area contributed by atoms with E-state index in [-0.39, 0.29) is 29.2 Å². The fourth-order valence-electron chi connectivity index (χ4n) is 3.94. The van der Waals surface area contributed by atoms with E-state index < -0.39 is 5.60 Å². The van der Waals surface area contributed by atoms with Gasteiger partial charge in [-0.15, -0.1) is 0 Å². The molecule has 1 aliphatic rings. The number of piperazine rings is 1. The van der Waals surface area contributed by atoms with E-state index in [2.05, 4.69) is 15.3 Å². The standard InChI is InChI=1S/C25H37N5O4/c1-18(2)17-30-23(32)20-10-7-6-9-19(20)21(27-30)22(31)26-11-8-12-28-13-15-29(16-14-28)24(33)34-25(3,4)5/h6-7,9-10,18H,8,11-17H2,1-5H3,(H,26,31). The molecule has 9 heteroatoms. The summed E-state index contributed by atoms with van der Waals surface area (Å²) in [7, 11) is 0. The summed E-state index contributed by atoms with van der Waals surface area (Å²) >= 11 is 0. The summed E-state index contributed by atoms with van der Waals surface area (Å²) < 4.78 is 6.84. The van der Waals surface area contributed by atoms with Gasteiger partial charge in [0.05, 0.1) is 5.39 Å². The highest BCUT2D eigenvalue weighted by Gasteiger charge is 2.25. The van der Waals surface area contributed by atoms with Crippen molar-refractivity contribution >= 4 is 22.8 Å². The molecule has 1 aromatic heterocycles. The first-order valence-electron chi connectivity index (χ1n) is 12.0. The zero-order chi connectivity index (χ0) is 24.9. The quantitative estimate of drug-likeness (QED) is 0.624. The lowest BCUT2D eigenvalue weighted by Crippen LogP contribution is -2.50. The first kappa shape index (κ1) is 25.7. The smallest absolute Gasteiger partial charge is 0.410 e. The fourth-order valence-corrected chi connectivity index (χ4v) is 3.94. The second-order valence-electron chi connectivity index (χ2n) is 10.2. The molecule has 1 aliphatic heterocycles. The van der Waals surface area contributed by atoms with Crippen LogP contribution in [-0.4, -0.2) is 76.5 Å². The van der Waals surface area contributed by atoms with Gasteiger partial charge in [0.15, 0.2) is 5.69 Å². The van der Waals surface area contributed by atoms with Crippen LogP contribution in [0.4, 0.5) is 4.79 Å². The van der Waals surface area contributed by atoms with Crippen molar-refractivity contribution in [3.05, 3.63) is 40.3 Å². The van der Waals surface area contributed by atoms with Crippen molar-refractivity contribution in [2.75, 3.05) is 39.3 Å². The number of carbonyl (C=O) groups excluding carboxylic acids is 2. The molecule has 0 spiro atoms. The minimum absolute atomic E-state index is 0.175. The van der Waals surface area contributed by atoms with E-state index in [1.165, 1.54) is 4.68 Å². The van der Waals surface area contributed by atoms with E-state index >= 15 is 0 Å². The van der Waals surface area contributed by atoms with Crippen LogP contribution in [0, 0.1) is 5.92 Å². The van der Waals surface area contributed by atoms with Crippen LogP contribution >= 0.6 is 0 Å². The largest absolute Gasteiger partial charge is 0.444 e. The summed E-state index contributed by atoms with van der Waals surface area (Å²) in [5.74, 6) is -0.0403. The van der Waals surface area contributed by atoms with Gasteiger partial charge >= 0.3 is 6.09 Å². The van der Waals surface area contributed by atoms with Crippen LogP contribution in [0.2, 0.25) is 0 Å². The van der Waals surface area contributed by atoms with E-state index in [4.69, 9.17) is 4.74 Å². The highest BCUT2D eigenvalue weighted by atomic mass is 16.6. The van der Waals surface area contributed by atoms with Crippen molar-refractivity contribution in [3.8, 4) is 0 Å². The average Bonchev–Trinajstić information content (AvgIpc) is 2.77. The Morgan fingerprint density at radius 1 is 1.09 bits per heavy atom. The third-order valence-electron chi connectivity index (χ3n) is 5.58. The van der Waals surface area contributed by atoms with Crippen LogP contribution in [-0.2, 0) is 11.3 Å². The van der Waals surface area contributed by atoms with Crippen LogP contribution in [0.15, 0.2) is 29.1 Å². The SMILES string of the molecule is CC(C)Cn1nc(C(=O)NCCCN2CCN(C(=O)OC(C)(C)C)CC2)c2ccccc2c1=O. The Morgan fingerprint density at radius 2 is 1.74 bits per heavy atom. The van der Waals surface area contributed by atoms with Crippen LogP contribution in [0.25, 0.3) is 10.8 Å². The number of hydrogen-bond donors (Lipinski definition) is 1. The second-order valence-corrected chi connectivity index (χ2v) is 10.2. The molecule has 0 unspecified atom stereocenters. The Labute approximate surface area is 201 Å². The van der Waals surface area contributed by atoms with Gasteiger partial charge in [-0.1, -0.05) is 32.0 Å². The predicted octanol–water partition coefficient (Wildman–Crippen LogP) is 2.73. The number of carbonyl (C=O) groups is 2. The number of hydrogen-bond acceptors (Lipinski definition) is 6. The second kappa shape index (κ2) is 11.0.